The van der Waals surface area contributed by atoms with E-state index in [1.165, 1.54) is 64.2 Å². The van der Waals surface area contributed by atoms with Crippen LogP contribution in [0.4, 0.5) is 0 Å². The Labute approximate surface area is 167 Å². The number of nitrogens with two attached hydrogens (primary N) is 1. The van der Waals surface area contributed by atoms with E-state index >= 15 is 0 Å². The summed E-state index contributed by atoms with van der Waals surface area (Å²) in [6, 6.07) is -0.424. The van der Waals surface area contributed by atoms with E-state index in [0.717, 1.165) is 12.8 Å². The van der Waals surface area contributed by atoms with Gasteiger partial charge in [-0.3, -0.25) is 9.59 Å². The van der Waals surface area contributed by atoms with Crippen LogP contribution in [0, 0.1) is 0 Å². The Kier molecular flexibility index (Phi) is 18.9. The van der Waals surface area contributed by atoms with Crippen molar-refractivity contribution in [2.75, 3.05) is 13.1 Å². The SMILES string of the molecule is CCCCCCCCCCCCCCNC(=O)C(CC)NC(=O)CCCN. The predicted molar refractivity (Wildman–Crippen MR) is 115 cm³/mol. The number of rotatable bonds is 19. The van der Waals surface area contributed by atoms with Gasteiger partial charge in [-0.2, -0.15) is 0 Å². The van der Waals surface area contributed by atoms with Gasteiger partial charge in [-0.25, -0.2) is 0 Å². The number of amides is 2. The van der Waals surface area contributed by atoms with Crippen molar-refractivity contribution in [2.24, 2.45) is 5.73 Å². The number of nitrogens with one attached hydrogen (secondary N) is 2. The van der Waals surface area contributed by atoms with Gasteiger partial charge in [-0.1, -0.05) is 84.5 Å². The largest absolute Gasteiger partial charge is 0.354 e. The van der Waals surface area contributed by atoms with Crippen molar-refractivity contribution >= 4 is 11.8 Å². The zero-order valence-corrected chi connectivity index (χ0v) is 18.0. The predicted octanol–water partition coefficient (Wildman–Crippen LogP) is 4.44. The first-order valence-electron chi connectivity index (χ1n) is 11.4. The zero-order chi connectivity index (χ0) is 20.2. The Morgan fingerprint density at radius 1 is 0.778 bits per heavy atom. The lowest BCUT2D eigenvalue weighted by Gasteiger charge is -2.16. The molecule has 27 heavy (non-hydrogen) atoms. The van der Waals surface area contributed by atoms with Gasteiger partial charge >= 0.3 is 0 Å². The fourth-order valence-electron chi connectivity index (χ4n) is 3.18. The molecule has 0 aliphatic carbocycles. The molecule has 0 heterocycles. The summed E-state index contributed by atoms with van der Waals surface area (Å²) in [6.07, 6.45) is 17.4. The van der Waals surface area contributed by atoms with Crippen molar-refractivity contribution in [3.05, 3.63) is 0 Å². The summed E-state index contributed by atoms with van der Waals surface area (Å²) in [6.45, 7) is 5.37. The molecule has 160 valence electrons. The quantitative estimate of drug-likeness (QED) is 0.288. The van der Waals surface area contributed by atoms with Gasteiger partial charge in [-0.15, -0.1) is 0 Å². The molecule has 0 aromatic carbocycles. The smallest absolute Gasteiger partial charge is 0.242 e. The third-order valence-electron chi connectivity index (χ3n) is 5.00. The number of carbonyl (C=O) groups is 2. The first kappa shape index (κ1) is 25.9. The Morgan fingerprint density at radius 2 is 1.30 bits per heavy atom. The van der Waals surface area contributed by atoms with Gasteiger partial charge in [-0.05, 0) is 25.8 Å². The third-order valence-corrected chi connectivity index (χ3v) is 5.00. The van der Waals surface area contributed by atoms with Crippen LogP contribution in [-0.2, 0) is 9.59 Å². The van der Waals surface area contributed by atoms with Gasteiger partial charge in [0.1, 0.15) is 6.04 Å². The van der Waals surface area contributed by atoms with Crippen LogP contribution in [0.2, 0.25) is 0 Å². The molecule has 4 N–H and O–H groups in total. The van der Waals surface area contributed by atoms with Gasteiger partial charge in [0.05, 0.1) is 0 Å². The Bertz CT molecular complexity index is 361. The molecule has 0 bridgehead atoms. The molecule has 2 amide bonds. The average molecular weight is 384 g/mol. The maximum absolute atomic E-state index is 12.1. The van der Waals surface area contributed by atoms with Gasteiger partial charge < -0.3 is 16.4 Å². The lowest BCUT2D eigenvalue weighted by Crippen LogP contribution is -2.46. The summed E-state index contributed by atoms with van der Waals surface area (Å²) in [5.74, 6) is -0.158. The van der Waals surface area contributed by atoms with Crippen molar-refractivity contribution < 1.29 is 9.59 Å². The first-order valence-corrected chi connectivity index (χ1v) is 11.4. The van der Waals surface area contributed by atoms with Crippen LogP contribution in [-0.4, -0.2) is 30.9 Å². The van der Waals surface area contributed by atoms with Crippen LogP contribution in [0.1, 0.15) is 110 Å². The maximum atomic E-state index is 12.1. The van der Waals surface area contributed by atoms with Crippen LogP contribution >= 0.6 is 0 Å². The number of hydrogen-bond acceptors (Lipinski definition) is 3. The van der Waals surface area contributed by atoms with Crippen LogP contribution in [0.3, 0.4) is 0 Å². The standard InChI is InChI=1S/C22H45N3O2/c1-3-5-6-7-8-9-10-11-12-13-14-15-19-24-22(27)20(4-2)25-21(26)17-16-18-23/h20H,3-19,23H2,1-2H3,(H,24,27)(H,25,26). The van der Waals surface area contributed by atoms with E-state index in [-0.39, 0.29) is 11.8 Å². The first-order chi connectivity index (χ1) is 13.2. The highest BCUT2D eigenvalue weighted by Gasteiger charge is 2.17. The minimum absolute atomic E-state index is 0.0679. The maximum Gasteiger partial charge on any atom is 0.242 e. The molecule has 0 aromatic rings. The molecule has 0 rings (SSSR count). The minimum atomic E-state index is -0.424. The normalized spacial score (nSPS) is 12.0. The molecule has 0 aliphatic heterocycles. The average Bonchev–Trinajstić information content (AvgIpc) is 2.67. The summed E-state index contributed by atoms with van der Waals surface area (Å²) in [4.78, 5) is 23.9. The summed E-state index contributed by atoms with van der Waals surface area (Å²) in [5, 5.41) is 5.74. The molecule has 5 heteroatoms. The Hall–Kier alpha value is -1.10. The van der Waals surface area contributed by atoms with Crippen molar-refractivity contribution in [3.63, 3.8) is 0 Å². The van der Waals surface area contributed by atoms with E-state index in [1.54, 1.807) is 0 Å². The molecule has 0 fully saturated rings. The van der Waals surface area contributed by atoms with Crippen molar-refractivity contribution in [2.45, 2.75) is 116 Å². The number of hydrogen-bond donors (Lipinski definition) is 3. The molecule has 1 atom stereocenters. The highest BCUT2D eigenvalue weighted by Crippen LogP contribution is 2.11. The Balaban J connectivity index is 3.51. The monoisotopic (exact) mass is 383 g/mol. The van der Waals surface area contributed by atoms with Crippen LogP contribution in [0.5, 0.6) is 0 Å². The second-order valence-electron chi connectivity index (χ2n) is 7.60. The van der Waals surface area contributed by atoms with E-state index in [1.807, 2.05) is 6.92 Å². The molecular formula is C22H45N3O2. The van der Waals surface area contributed by atoms with Crippen LogP contribution in [0.25, 0.3) is 0 Å². The molecule has 0 saturated heterocycles. The fourth-order valence-corrected chi connectivity index (χ4v) is 3.18. The van der Waals surface area contributed by atoms with Crippen molar-refractivity contribution in [1.82, 2.24) is 10.6 Å². The molecular weight excluding hydrogens is 338 g/mol. The zero-order valence-electron chi connectivity index (χ0n) is 18.0. The molecule has 5 nitrogen and oxygen atoms in total. The van der Waals surface area contributed by atoms with E-state index in [2.05, 4.69) is 17.6 Å². The Morgan fingerprint density at radius 3 is 1.78 bits per heavy atom. The summed E-state index contributed by atoms with van der Waals surface area (Å²) in [5.41, 5.74) is 5.40. The van der Waals surface area contributed by atoms with Crippen molar-refractivity contribution in [3.8, 4) is 0 Å². The summed E-state index contributed by atoms with van der Waals surface area (Å²) >= 11 is 0. The lowest BCUT2D eigenvalue weighted by atomic mass is 10.1. The van der Waals surface area contributed by atoms with Crippen LogP contribution < -0.4 is 16.4 Å². The second-order valence-corrected chi connectivity index (χ2v) is 7.60. The highest BCUT2D eigenvalue weighted by molar-refractivity contribution is 5.87. The number of carbonyl (C=O) groups excluding carboxylic acids is 2. The molecule has 0 saturated carbocycles. The fraction of sp³-hybridized carbons (Fsp3) is 0.909. The van der Waals surface area contributed by atoms with E-state index < -0.39 is 6.04 Å². The van der Waals surface area contributed by atoms with E-state index in [4.69, 9.17) is 5.73 Å². The van der Waals surface area contributed by atoms with Gasteiger partial charge in [0.25, 0.3) is 0 Å². The molecule has 0 spiro atoms. The minimum Gasteiger partial charge on any atom is -0.354 e. The second kappa shape index (κ2) is 19.7. The van der Waals surface area contributed by atoms with E-state index in [0.29, 0.717) is 32.4 Å². The van der Waals surface area contributed by atoms with Gasteiger partial charge in [0, 0.05) is 13.0 Å². The molecule has 0 aromatic heterocycles. The molecule has 0 aliphatic rings. The highest BCUT2D eigenvalue weighted by atomic mass is 16.2. The molecule has 0 radical (unpaired) electrons. The number of unbranched alkanes of at least 4 members (excludes halogenated alkanes) is 11. The molecule has 1 unspecified atom stereocenters. The van der Waals surface area contributed by atoms with Gasteiger partial charge in [0.15, 0.2) is 0 Å². The topological polar surface area (TPSA) is 84.2 Å². The third kappa shape index (κ3) is 16.8. The van der Waals surface area contributed by atoms with Crippen molar-refractivity contribution in [1.29, 1.82) is 0 Å². The van der Waals surface area contributed by atoms with Gasteiger partial charge in [0.2, 0.25) is 11.8 Å². The van der Waals surface area contributed by atoms with Crippen LogP contribution in [0.15, 0.2) is 0 Å². The van der Waals surface area contributed by atoms with E-state index in [9.17, 15) is 9.59 Å². The lowest BCUT2D eigenvalue weighted by molar-refractivity contribution is -0.129. The summed E-state index contributed by atoms with van der Waals surface area (Å²) < 4.78 is 0. The summed E-state index contributed by atoms with van der Waals surface area (Å²) in [7, 11) is 0.